The maximum absolute atomic E-state index is 12.1. The number of aliphatic carboxylic acids is 1. The van der Waals surface area contributed by atoms with E-state index >= 15 is 0 Å². The molecule has 0 atom stereocenters. The van der Waals surface area contributed by atoms with Crippen LogP contribution in [0.15, 0.2) is 0 Å². The zero-order chi connectivity index (χ0) is 18.3. The molecule has 0 aliphatic rings. The molecule has 23 heavy (non-hydrogen) atoms. The van der Waals surface area contributed by atoms with Gasteiger partial charge in [-0.15, -0.1) is 0 Å². The van der Waals surface area contributed by atoms with Crippen LogP contribution in [0, 0.1) is 16.2 Å². The van der Waals surface area contributed by atoms with Gasteiger partial charge in [0.1, 0.15) is 0 Å². The number of hydrogen-bond donors (Lipinski definition) is 2. The molecule has 0 aromatic heterocycles. The number of rotatable bonds is 9. The molecule has 5 nitrogen and oxygen atoms in total. The van der Waals surface area contributed by atoms with Gasteiger partial charge in [0.25, 0.3) is 0 Å². The molecule has 0 rings (SSSR count). The third kappa shape index (κ3) is 5.79. The number of carboxylic acids is 1. The average Bonchev–Trinajstić information content (AvgIpc) is 2.37. The molecule has 0 fully saturated rings. The van der Waals surface area contributed by atoms with Crippen molar-refractivity contribution in [3.8, 4) is 0 Å². The number of unbranched alkanes of at least 4 members (excludes halogenated alkanes) is 4. The van der Waals surface area contributed by atoms with E-state index in [1.165, 1.54) is 0 Å². The van der Waals surface area contributed by atoms with Gasteiger partial charge in [-0.05, 0) is 23.7 Å². The van der Waals surface area contributed by atoms with Crippen molar-refractivity contribution in [2.75, 3.05) is 0 Å². The van der Waals surface area contributed by atoms with Crippen molar-refractivity contribution in [1.82, 2.24) is 0 Å². The molecule has 0 aliphatic carbocycles. The summed E-state index contributed by atoms with van der Waals surface area (Å²) in [4.78, 5) is 26.5. The fraction of sp³-hybridized carbons (Fsp3) is 0.889. The lowest BCUT2D eigenvalue weighted by molar-refractivity contribution is -0.234. The van der Waals surface area contributed by atoms with Crippen LogP contribution in [0.25, 0.3) is 0 Å². The molecule has 0 aromatic rings. The summed E-state index contributed by atoms with van der Waals surface area (Å²) in [5, 5.41) is 18.1. The lowest BCUT2D eigenvalue weighted by Crippen LogP contribution is -2.52. The first-order valence-electron chi connectivity index (χ1n) is 8.48. The predicted octanol–water partition coefficient (Wildman–Crippen LogP) is 4.90. The van der Waals surface area contributed by atoms with Crippen molar-refractivity contribution < 1.29 is 24.8 Å². The van der Waals surface area contributed by atoms with Gasteiger partial charge in [0.05, 0.1) is 5.41 Å². The van der Waals surface area contributed by atoms with Crippen molar-refractivity contribution in [1.29, 1.82) is 0 Å². The van der Waals surface area contributed by atoms with Gasteiger partial charge in [-0.2, -0.15) is 5.26 Å². The normalized spacial score (nSPS) is 13.0. The third-order valence-corrected chi connectivity index (χ3v) is 4.96. The molecule has 0 aromatic carbocycles. The average molecular weight is 330 g/mol. The summed E-state index contributed by atoms with van der Waals surface area (Å²) in [5.74, 6) is -1.32. The molecule has 0 heterocycles. The highest BCUT2D eigenvalue weighted by atomic mass is 17.1. The lowest BCUT2D eigenvalue weighted by Gasteiger charge is -2.50. The Kier molecular flexibility index (Phi) is 8.25. The van der Waals surface area contributed by atoms with Gasteiger partial charge in [0.15, 0.2) is 0 Å². The first kappa shape index (κ1) is 21.9. The minimum atomic E-state index is -0.777. The molecule has 0 saturated carbocycles. The van der Waals surface area contributed by atoms with E-state index in [4.69, 9.17) is 5.26 Å². The molecular weight excluding hydrogens is 296 g/mol. The molecular formula is C18H34O5. The molecule has 0 amide bonds. The first-order valence-corrected chi connectivity index (χ1v) is 8.48. The van der Waals surface area contributed by atoms with Gasteiger partial charge >= 0.3 is 11.9 Å². The maximum Gasteiger partial charge on any atom is 0.342 e. The Balaban J connectivity index is 4.55. The van der Waals surface area contributed by atoms with Crippen molar-refractivity contribution in [3.05, 3.63) is 0 Å². The summed E-state index contributed by atoms with van der Waals surface area (Å²) < 4.78 is 0. The van der Waals surface area contributed by atoms with Gasteiger partial charge < -0.3 is 9.99 Å². The van der Waals surface area contributed by atoms with Crippen molar-refractivity contribution in [2.24, 2.45) is 16.2 Å². The summed E-state index contributed by atoms with van der Waals surface area (Å²) >= 11 is 0. The van der Waals surface area contributed by atoms with Crippen LogP contribution in [0.2, 0.25) is 0 Å². The molecule has 0 unspecified atom stereocenters. The second-order valence-electron chi connectivity index (χ2n) is 8.44. The second-order valence-corrected chi connectivity index (χ2v) is 8.44. The van der Waals surface area contributed by atoms with Crippen LogP contribution in [0.4, 0.5) is 0 Å². The van der Waals surface area contributed by atoms with Gasteiger partial charge in [0, 0.05) is 6.42 Å². The van der Waals surface area contributed by atoms with E-state index < -0.39 is 17.4 Å². The van der Waals surface area contributed by atoms with Gasteiger partial charge in [-0.1, -0.05) is 67.2 Å². The summed E-state index contributed by atoms with van der Waals surface area (Å²) in [7, 11) is 0. The van der Waals surface area contributed by atoms with E-state index in [1.54, 1.807) is 0 Å². The van der Waals surface area contributed by atoms with Crippen LogP contribution >= 0.6 is 0 Å². The second kappa shape index (κ2) is 8.67. The Bertz CT molecular complexity index is 373. The highest BCUT2D eigenvalue weighted by molar-refractivity contribution is 5.76. The van der Waals surface area contributed by atoms with Gasteiger partial charge in [-0.3, -0.25) is 4.79 Å². The zero-order valence-electron chi connectivity index (χ0n) is 15.6. The Hall–Kier alpha value is -1.10. The lowest BCUT2D eigenvalue weighted by atomic mass is 9.52. The Morgan fingerprint density at radius 3 is 1.65 bits per heavy atom. The van der Waals surface area contributed by atoms with E-state index in [1.807, 2.05) is 41.5 Å². The van der Waals surface area contributed by atoms with Crippen molar-refractivity contribution in [3.63, 3.8) is 0 Å². The molecule has 0 radical (unpaired) electrons. The van der Waals surface area contributed by atoms with E-state index in [9.17, 15) is 14.7 Å². The van der Waals surface area contributed by atoms with E-state index in [2.05, 4.69) is 4.89 Å². The smallest absolute Gasteiger partial charge is 0.342 e. The molecule has 2 N–H and O–H groups in total. The largest absolute Gasteiger partial charge is 0.481 e. The Morgan fingerprint density at radius 2 is 1.26 bits per heavy atom. The van der Waals surface area contributed by atoms with Crippen LogP contribution in [-0.4, -0.2) is 22.3 Å². The fourth-order valence-electron chi connectivity index (χ4n) is 3.86. The number of carbonyl (C=O) groups is 2. The van der Waals surface area contributed by atoms with Crippen LogP contribution in [0.1, 0.15) is 86.5 Å². The summed E-state index contributed by atoms with van der Waals surface area (Å²) in [6.07, 6.45) is 5.17. The fourth-order valence-corrected chi connectivity index (χ4v) is 3.86. The van der Waals surface area contributed by atoms with Crippen molar-refractivity contribution in [2.45, 2.75) is 86.5 Å². The van der Waals surface area contributed by atoms with Crippen LogP contribution < -0.4 is 0 Å². The Labute approximate surface area is 140 Å². The van der Waals surface area contributed by atoms with Crippen molar-refractivity contribution >= 4 is 11.9 Å². The van der Waals surface area contributed by atoms with Gasteiger partial charge in [-0.25, -0.2) is 4.79 Å². The van der Waals surface area contributed by atoms with Crippen LogP contribution in [-0.2, 0) is 14.5 Å². The topological polar surface area (TPSA) is 83.8 Å². The number of carbonyl (C=O) groups excluding carboxylic acids is 1. The van der Waals surface area contributed by atoms with Gasteiger partial charge in [0.2, 0.25) is 0 Å². The third-order valence-electron chi connectivity index (χ3n) is 4.96. The van der Waals surface area contributed by atoms with E-state index in [-0.39, 0.29) is 17.3 Å². The highest BCUT2D eigenvalue weighted by Crippen LogP contribution is 2.55. The zero-order valence-corrected chi connectivity index (χ0v) is 15.6. The summed E-state index contributed by atoms with van der Waals surface area (Å²) in [6, 6.07) is 0. The molecule has 5 heteroatoms. The minimum Gasteiger partial charge on any atom is -0.481 e. The number of carboxylic acid groups (broad SMARTS) is 1. The summed E-state index contributed by atoms with van der Waals surface area (Å²) in [5.41, 5.74) is -1.44. The Morgan fingerprint density at radius 1 is 0.826 bits per heavy atom. The molecule has 0 aliphatic heterocycles. The SMILES string of the molecule is CC(C)(C)C(CCCCCCCC(=O)OO)(C(=O)O)C(C)(C)C. The standard InChI is InChI=1S/C18H34O5/c1-16(2,3)18(15(20)21,17(4,5)6)13-11-9-7-8-10-12-14(19)23-22/h22H,7-13H2,1-6H3,(H,20,21). The quantitative estimate of drug-likeness (QED) is 0.357. The highest BCUT2D eigenvalue weighted by Gasteiger charge is 2.55. The monoisotopic (exact) mass is 330 g/mol. The van der Waals surface area contributed by atoms with Crippen LogP contribution in [0.5, 0.6) is 0 Å². The van der Waals surface area contributed by atoms with E-state index in [0.29, 0.717) is 12.8 Å². The number of hydrogen-bond acceptors (Lipinski definition) is 4. The summed E-state index contributed by atoms with van der Waals surface area (Å²) in [6.45, 7) is 12.0. The predicted molar refractivity (Wildman–Crippen MR) is 90.0 cm³/mol. The first-order chi connectivity index (χ1) is 10.4. The van der Waals surface area contributed by atoms with E-state index in [0.717, 1.165) is 25.7 Å². The molecule has 0 saturated heterocycles. The molecule has 0 bridgehead atoms. The van der Waals surface area contributed by atoms with Crippen LogP contribution in [0.3, 0.4) is 0 Å². The minimum absolute atomic E-state index is 0.222. The molecule has 136 valence electrons. The molecule has 0 spiro atoms. The maximum atomic E-state index is 12.1.